The summed E-state index contributed by atoms with van der Waals surface area (Å²) in [6.07, 6.45) is 7.44. The monoisotopic (exact) mass is 457 g/mol. The van der Waals surface area contributed by atoms with Crippen LogP contribution in [0, 0.1) is 0 Å². The molecule has 2 saturated heterocycles. The lowest BCUT2D eigenvalue weighted by atomic mass is 10.2. The highest BCUT2D eigenvalue weighted by Gasteiger charge is 2.45. The molecule has 2 aromatic heterocycles. The maximum absolute atomic E-state index is 14.8. The minimum atomic E-state index is -1.52. The summed E-state index contributed by atoms with van der Waals surface area (Å²) in [4.78, 5) is 40.1. The number of hydrogen-bond donors (Lipinski definition) is 2. The number of fused-ring (bicyclic) bond motifs is 3. The number of nitrogens with zero attached hydrogens (tertiary/aromatic N) is 4. The van der Waals surface area contributed by atoms with Gasteiger partial charge in [0.2, 0.25) is 11.8 Å². The molecule has 6 rings (SSSR count). The average molecular weight is 457 g/mol. The molecular weight excluding hydrogens is 433 g/mol. The molecule has 2 aliphatic heterocycles. The third-order valence-corrected chi connectivity index (χ3v) is 6.87. The summed E-state index contributed by atoms with van der Waals surface area (Å²) < 4.78 is 22.5. The predicted molar refractivity (Wildman–Crippen MR) is 114 cm³/mol. The lowest BCUT2D eigenvalue weighted by Gasteiger charge is -2.25. The SMILES string of the molecule is O=C(NC1CC1)c1c(O)n(CC2(F)CC2)c2c(/C=C/C(=O)N3C[C@@H]4C[C@H]3CO4)cnn2c1=O. The largest absolute Gasteiger partial charge is 0.494 e. The van der Waals surface area contributed by atoms with Crippen LogP contribution in [0.5, 0.6) is 5.88 Å². The predicted octanol–water partition coefficient (Wildman–Crippen LogP) is 0.609. The Labute approximate surface area is 187 Å². The van der Waals surface area contributed by atoms with E-state index in [4.69, 9.17) is 4.74 Å². The van der Waals surface area contributed by atoms with Crippen LogP contribution in [0.1, 0.15) is 48.0 Å². The summed E-state index contributed by atoms with van der Waals surface area (Å²) >= 11 is 0. The second kappa shape index (κ2) is 7.14. The molecule has 2 amide bonds. The highest BCUT2D eigenvalue weighted by Crippen LogP contribution is 2.42. The zero-order valence-corrected chi connectivity index (χ0v) is 17.9. The number of likely N-dealkylation sites (tertiary alicyclic amines) is 1. The molecule has 2 saturated carbocycles. The van der Waals surface area contributed by atoms with Gasteiger partial charge in [0, 0.05) is 24.2 Å². The summed E-state index contributed by atoms with van der Waals surface area (Å²) in [5, 5.41) is 17.7. The maximum Gasteiger partial charge on any atom is 0.291 e. The number of hydrogen-bond acceptors (Lipinski definition) is 6. The summed E-state index contributed by atoms with van der Waals surface area (Å²) in [5.74, 6) is -1.48. The third-order valence-electron chi connectivity index (χ3n) is 6.87. The second-order valence-electron chi connectivity index (χ2n) is 9.49. The molecule has 2 bridgehead atoms. The van der Waals surface area contributed by atoms with E-state index in [1.807, 2.05) is 0 Å². The van der Waals surface area contributed by atoms with Gasteiger partial charge in [0.05, 0.1) is 31.5 Å². The van der Waals surface area contributed by atoms with Crippen molar-refractivity contribution in [2.24, 2.45) is 0 Å². The zero-order chi connectivity index (χ0) is 22.9. The number of ether oxygens (including phenoxy) is 1. The van der Waals surface area contributed by atoms with Crippen molar-refractivity contribution in [1.29, 1.82) is 0 Å². The summed E-state index contributed by atoms with van der Waals surface area (Å²) in [6.45, 7) is 0.844. The van der Waals surface area contributed by atoms with E-state index < -0.39 is 28.6 Å². The van der Waals surface area contributed by atoms with Crippen molar-refractivity contribution < 1.29 is 23.8 Å². The van der Waals surface area contributed by atoms with Crippen LogP contribution in [0.2, 0.25) is 0 Å². The molecule has 10 nitrogen and oxygen atoms in total. The van der Waals surface area contributed by atoms with E-state index in [-0.39, 0.29) is 36.3 Å². The Balaban J connectivity index is 1.39. The molecule has 174 valence electrons. The minimum absolute atomic E-state index is 0.0234. The van der Waals surface area contributed by atoms with Crippen molar-refractivity contribution >= 4 is 23.5 Å². The Hall–Kier alpha value is -3.21. The molecule has 0 spiro atoms. The Morgan fingerprint density at radius 3 is 2.79 bits per heavy atom. The lowest BCUT2D eigenvalue weighted by molar-refractivity contribution is -0.130. The summed E-state index contributed by atoms with van der Waals surface area (Å²) in [5.41, 5.74) is -2.26. The fourth-order valence-electron chi connectivity index (χ4n) is 4.66. The van der Waals surface area contributed by atoms with Gasteiger partial charge in [-0.3, -0.25) is 19.0 Å². The van der Waals surface area contributed by atoms with E-state index in [0.717, 1.165) is 23.8 Å². The van der Waals surface area contributed by atoms with Crippen LogP contribution < -0.4 is 10.9 Å². The van der Waals surface area contributed by atoms with E-state index in [0.29, 0.717) is 31.6 Å². The van der Waals surface area contributed by atoms with Gasteiger partial charge in [-0.05, 0) is 38.2 Å². The van der Waals surface area contributed by atoms with Gasteiger partial charge in [-0.1, -0.05) is 0 Å². The second-order valence-corrected chi connectivity index (χ2v) is 9.49. The number of carbonyl (C=O) groups is 2. The molecule has 2 aromatic rings. The van der Waals surface area contributed by atoms with E-state index in [9.17, 15) is 23.9 Å². The molecular formula is C22H24FN5O5. The highest BCUT2D eigenvalue weighted by atomic mass is 19.1. The Morgan fingerprint density at radius 1 is 1.36 bits per heavy atom. The van der Waals surface area contributed by atoms with Crippen LogP contribution in [0.4, 0.5) is 4.39 Å². The molecule has 4 fully saturated rings. The molecule has 0 unspecified atom stereocenters. The van der Waals surface area contributed by atoms with Crippen molar-refractivity contribution in [3.05, 3.63) is 33.8 Å². The number of rotatable bonds is 6. The van der Waals surface area contributed by atoms with Crippen LogP contribution in [-0.2, 0) is 16.1 Å². The van der Waals surface area contributed by atoms with Crippen molar-refractivity contribution in [2.45, 2.75) is 62.5 Å². The van der Waals surface area contributed by atoms with Crippen molar-refractivity contribution in [3.8, 4) is 5.88 Å². The third kappa shape index (κ3) is 3.50. The van der Waals surface area contributed by atoms with Crippen LogP contribution in [0.15, 0.2) is 17.1 Å². The van der Waals surface area contributed by atoms with Crippen molar-refractivity contribution in [2.75, 3.05) is 13.2 Å². The molecule has 11 heteroatoms. The Kier molecular flexibility index (Phi) is 4.42. The molecule has 2 aliphatic carbocycles. The standard InChI is InChI=1S/C22H24FN5O5/c23-22(5-6-22)11-27-19-12(1-4-16(29)26-9-15-7-14(26)10-33-15)8-24-28(19)21(32)17(20(27)31)18(30)25-13-2-3-13/h1,4,8,13-15,31H,2-3,5-7,9-11H2,(H,25,30)/b4-1+/t14-,15-/m0/s1. The van der Waals surface area contributed by atoms with Crippen LogP contribution in [0.25, 0.3) is 11.7 Å². The van der Waals surface area contributed by atoms with E-state index in [1.54, 1.807) is 4.90 Å². The topological polar surface area (TPSA) is 118 Å². The van der Waals surface area contributed by atoms with Gasteiger partial charge < -0.3 is 20.1 Å². The zero-order valence-electron chi connectivity index (χ0n) is 17.9. The van der Waals surface area contributed by atoms with Crippen LogP contribution in [-0.4, -0.2) is 73.0 Å². The Bertz CT molecular complexity index is 1260. The van der Waals surface area contributed by atoms with Crippen LogP contribution >= 0.6 is 0 Å². The van der Waals surface area contributed by atoms with E-state index >= 15 is 0 Å². The van der Waals surface area contributed by atoms with E-state index in [1.165, 1.54) is 22.9 Å². The first-order chi connectivity index (χ1) is 15.8. The van der Waals surface area contributed by atoms with Crippen LogP contribution in [0.3, 0.4) is 0 Å². The molecule has 0 radical (unpaired) electrons. The van der Waals surface area contributed by atoms with Gasteiger partial charge in [-0.15, -0.1) is 0 Å². The number of nitrogens with one attached hydrogen (secondary N) is 1. The fraction of sp³-hybridized carbons (Fsp3) is 0.545. The van der Waals surface area contributed by atoms with Crippen molar-refractivity contribution in [3.63, 3.8) is 0 Å². The minimum Gasteiger partial charge on any atom is -0.494 e. The first kappa shape index (κ1) is 20.4. The number of morpholine rings is 1. The molecule has 4 heterocycles. The van der Waals surface area contributed by atoms with Gasteiger partial charge in [0.25, 0.3) is 11.5 Å². The molecule has 4 aliphatic rings. The summed E-state index contributed by atoms with van der Waals surface area (Å²) in [6, 6.07) is 0.0388. The highest BCUT2D eigenvalue weighted by molar-refractivity contribution is 5.97. The van der Waals surface area contributed by atoms with Gasteiger partial charge in [-0.25, -0.2) is 4.39 Å². The van der Waals surface area contributed by atoms with Gasteiger partial charge in [0.1, 0.15) is 11.3 Å². The number of aromatic nitrogens is 3. The number of halogens is 1. The molecule has 2 N–H and O–H groups in total. The van der Waals surface area contributed by atoms with Crippen molar-refractivity contribution in [1.82, 2.24) is 24.4 Å². The first-order valence-electron chi connectivity index (χ1n) is 11.3. The maximum atomic E-state index is 14.8. The van der Waals surface area contributed by atoms with Gasteiger partial charge in [0.15, 0.2) is 5.56 Å². The molecule has 2 atom stereocenters. The first-order valence-corrected chi connectivity index (χ1v) is 11.3. The normalized spacial score (nSPS) is 25.3. The number of carbonyl (C=O) groups excluding carboxylic acids is 2. The number of aromatic hydroxyl groups is 1. The average Bonchev–Trinajstić information content (AvgIpc) is 3.57. The fourth-order valence-corrected chi connectivity index (χ4v) is 4.66. The van der Waals surface area contributed by atoms with Gasteiger partial charge >= 0.3 is 0 Å². The smallest absolute Gasteiger partial charge is 0.291 e. The van der Waals surface area contributed by atoms with E-state index in [2.05, 4.69) is 10.4 Å². The quantitative estimate of drug-likeness (QED) is 0.614. The molecule has 33 heavy (non-hydrogen) atoms. The Morgan fingerprint density at radius 2 is 2.15 bits per heavy atom. The number of alkyl halides is 1. The lowest BCUT2D eigenvalue weighted by Crippen LogP contribution is -2.40. The molecule has 0 aromatic carbocycles. The number of amides is 2. The van der Waals surface area contributed by atoms with Gasteiger partial charge in [-0.2, -0.15) is 9.61 Å². The summed E-state index contributed by atoms with van der Waals surface area (Å²) in [7, 11) is 0.